The summed E-state index contributed by atoms with van der Waals surface area (Å²) in [6, 6.07) is 10.3. The normalized spacial score (nSPS) is 27.7. The Morgan fingerprint density at radius 2 is 1.86 bits per heavy atom. The van der Waals surface area contributed by atoms with Gasteiger partial charge in [0.05, 0.1) is 19.4 Å². The molecule has 1 aliphatic carbocycles. The summed E-state index contributed by atoms with van der Waals surface area (Å²) in [6.07, 6.45) is 5.97. The van der Waals surface area contributed by atoms with Crippen molar-refractivity contribution in [2.45, 2.75) is 50.2 Å². The molecule has 1 saturated carbocycles. The lowest BCUT2D eigenvalue weighted by molar-refractivity contribution is -0.00237. The molecule has 1 N–H and O–H groups in total. The minimum atomic E-state index is -3.68. The molecular weight excluding hydrogens is 500 g/mol. The van der Waals surface area contributed by atoms with Gasteiger partial charge in [0.25, 0.3) is 10.2 Å². The molecule has 0 amide bonds. The van der Waals surface area contributed by atoms with E-state index in [0.717, 1.165) is 37.1 Å². The molecule has 2 aliphatic heterocycles. The van der Waals surface area contributed by atoms with Crippen molar-refractivity contribution in [1.29, 1.82) is 0 Å². The van der Waals surface area contributed by atoms with E-state index in [1.165, 1.54) is 10.4 Å². The van der Waals surface area contributed by atoms with E-state index in [-0.39, 0.29) is 42.9 Å². The summed E-state index contributed by atoms with van der Waals surface area (Å²) in [5.74, 6) is 0.605. The lowest BCUT2D eigenvalue weighted by Gasteiger charge is -2.42. The highest BCUT2D eigenvalue weighted by Crippen LogP contribution is 2.35. The zero-order valence-electron chi connectivity index (χ0n) is 20.9. The first kappa shape index (κ1) is 26.4. The van der Waals surface area contributed by atoms with Crippen LogP contribution in [-0.2, 0) is 14.9 Å². The van der Waals surface area contributed by atoms with Crippen molar-refractivity contribution in [3.8, 4) is 0 Å². The second-order valence-corrected chi connectivity index (χ2v) is 12.2. The Balaban J connectivity index is 1.20. The molecule has 0 spiro atoms. The van der Waals surface area contributed by atoms with Crippen LogP contribution < -0.4 is 9.62 Å². The van der Waals surface area contributed by atoms with Crippen LogP contribution in [0.5, 0.6) is 0 Å². The van der Waals surface area contributed by atoms with Gasteiger partial charge in [0, 0.05) is 50.3 Å². The zero-order valence-corrected chi connectivity index (χ0v) is 21.7. The van der Waals surface area contributed by atoms with Crippen LogP contribution in [0.3, 0.4) is 0 Å². The lowest BCUT2D eigenvalue weighted by atomic mass is 9.82. The fraction of sp³-hybridized carbons (Fsp3) is 0.615. The Hall–Kier alpha value is -2.21. The van der Waals surface area contributed by atoms with E-state index in [9.17, 15) is 17.2 Å². The first-order valence-corrected chi connectivity index (χ1v) is 14.6. The molecule has 3 fully saturated rings. The Morgan fingerprint density at radius 1 is 1.05 bits per heavy atom. The van der Waals surface area contributed by atoms with Gasteiger partial charge in [-0.25, -0.2) is 4.39 Å². The molecule has 0 bridgehead atoms. The highest BCUT2D eigenvalue weighted by molar-refractivity contribution is 7.87. The average Bonchev–Trinajstić information content (AvgIpc) is 2.88. The van der Waals surface area contributed by atoms with Crippen LogP contribution in [0.2, 0.25) is 0 Å². The van der Waals surface area contributed by atoms with Gasteiger partial charge in [-0.2, -0.15) is 22.5 Å². The van der Waals surface area contributed by atoms with Crippen LogP contribution in [0.25, 0.3) is 0 Å². The molecule has 2 saturated heterocycles. The van der Waals surface area contributed by atoms with E-state index in [1.54, 1.807) is 18.3 Å². The molecular formula is C26H35F2N5O3S. The van der Waals surface area contributed by atoms with Gasteiger partial charge in [0.15, 0.2) is 5.82 Å². The van der Waals surface area contributed by atoms with Gasteiger partial charge in [0.2, 0.25) is 0 Å². The maximum absolute atomic E-state index is 13.6. The number of halogens is 2. The maximum Gasteiger partial charge on any atom is 0.279 e. The number of ether oxygens (including phenoxy) is 1. The Bertz CT molecular complexity index is 1130. The number of rotatable bonds is 9. The van der Waals surface area contributed by atoms with Crippen LogP contribution >= 0.6 is 0 Å². The second kappa shape index (κ2) is 11.7. The summed E-state index contributed by atoms with van der Waals surface area (Å²) in [4.78, 5) is 2.12. The van der Waals surface area contributed by atoms with E-state index in [1.807, 2.05) is 18.2 Å². The van der Waals surface area contributed by atoms with Crippen LogP contribution in [0.15, 0.2) is 42.6 Å². The minimum Gasteiger partial charge on any atom is -0.378 e. The molecule has 1 aromatic carbocycles. The van der Waals surface area contributed by atoms with Crippen molar-refractivity contribution in [2.75, 3.05) is 44.4 Å². The van der Waals surface area contributed by atoms with E-state index in [0.29, 0.717) is 32.0 Å². The molecule has 37 heavy (non-hydrogen) atoms. The second-order valence-electron chi connectivity index (χ2n) is 10.5. The molecule has 2 atom stereocenters. The predicted molar refractivity (Wildman–Crippen MR) is 137 cm³/mol. The smallest absolute Gasteiger partial charge is 0.279 e. The zero-order chi connectivity index (χ0) is 25.8. The number of piperidine rings is 1. The molecule has 202 valence electrons. The summed E-state index contributed by atoms with van der Waals surface area (Å²) in [5.41, 5.74) is 1.04. The van der Waals surface area contributed by atoms with Gasteiger partial charge < -0.3 is 9.64 Å². The van der Waals surface area contributed by atoms with Crippen molar-refractivity contribution in [3.63, 3.8) is 0 Å². The Kier molecular flexibility index (Phi) is 8.33. The lowest BCUT2D eigenvalue weighted by Crippen LogP contribution is -2.59. The topological polar surface area (TPSA) is 87.7 Å². The van der Waals surface area contributed by atoms with E-state index in [2.05, 4.69) is 19.8 Å². The summed E-state index contributed by atoms with van der Waals surface area (Å²) < 4.78 is 62.9. The van der Waals surface area contributed by atoms with Gasteiger partial charge in [-0.15, -0.1) is 5.10 Å². The molecule has 1 aromatic heterocycles. The summed E-state index contributed by atoms with van der Waals surface area (Å²) in [5, 5.41) is 8.21. The third-order valence-corrected chi connectivity index (χ3v) is 9.52. The number of nitrogens with one attached hydrogen (secondary N) is 1. The molecule has 0 radical (unpaired) electrons. The molecule has 5 rings (SSSR count). The third-order valence-electron chi connectivity index (χ3n) is 7.94. The SMILES string of the molecule is O=S(=O)(N[C@H]1CCN(c2cccnn2)C[C@H]1CO[C@H]1CC[C@@H](c2cccc(F)c2)CC1)N1CC(CF)C1. The number of alkyl halides is 1. The number of nitrogens with zero attached hydrogens (tertiary/aromatic N) is 4. The Morgan fingerprint density at radius 3 is 2.57 bits per heavy atom. The van der Waals surface area contributed by atoms with Gasteiger partial charge in [0.1, 0.15) is 5.82 Å². The van der Waals surface area contributed by atoms with Gasteiger partial charge >= 0.3 is 0 Å². The van der Waals surface area contributed by atoms with Crippen LogP contribution in [0.4, 0.5) is 14.6 Å². The quantitative estimate of drug-likeness (QED) is 0.530. The molecule has 3 aliphatic rings. The fourth-order valence-electron chi connectivity index (χ4n) is 5.69. The number of aromatic nitrogens is 2. The molecule has 3 heterocycles. The molecule has 8 nitrogen and oxygen atoms in total. The largest absolute Gasteiger partial charge is 0.378 e. The molecule has 11 heteroatoms. The predicted octanol–water partition coefficient (Wildman–Crippen LogP) is 3.29. The monoisotopic (exact) mass is 535 g/mol. The first-order chi connectivity index (χ1) is 17.9. The highest BCUT2D eigenvalue weighted by atomic mass is 32.2. The van der Waals surface area contributed by atoms with Crippen molar-refractivity contribution >= 4 is 16.0 Å². The maximum atomic E-state index is 13.6. The summed E-state index contributed by atoms with van der Waals surface area (Å²) in [6.45, 7) is 1.61. The minimum absolute atomic E-state index is 0.0790. The van der Waals surface area contributed by atoms with E-state index >= 15 is 0 Å². The van der Waals surface area contributed by atoms with Crippen LogP contribution in [0.1, 0.15) is 43.6 Å². The average molecular weight is 536 g/mol. The van der Waals surface area contributed by atoms with Crippen molar-refractivity contribution < 1.29 is 21.9 Å². The van der Waals surface area contributed by atoms with Crippen molar-refractivity contribution in [3.05, 3.63) is 54.0 Å². The van der Waals surface area contributed by atoms with Gasteiger partial charge in [-0.05, 0) is 67.9 Å². The van der Waals surface area contributed by atoms with E-state index in [4.69, 9.17) is 4.74 Å². The standard InChI is InChI=1S/C26H35F2N5O3S/c27-14-19-15-33(16-19)37(34,35)31-25-10-12-32(26-5-2-11-29-30-26)17-22(25)18-36-24-8-6-20(7-9-24)21-3-1-4-23(28)13-21/h1-5,11,13,19-20,22,24-25,31H,6-10,12,14-18H2/t20-,22-,24+,25-/m0/s1. The van der Waals surface area contributed by atoms with Gasteiger partial charge in [-0.1, -0.05) is 12.1 Å². The number of anilines is 1. The van der Waals surface area contributed by atoms with Crippen molar-refractivity contribution in [2.24, 2.45) is 11.8 Å². The number of benzene rings is 1. The number of hydrogen-bond acceptors (Lipinski definition) is 6. The molecule has 2 aromatic rings. The summed E-state index contributed by atoms with van der Waals surface area (Å²) >= 11 is 0. The van der Waals surface area contributed by atoms with E-state index < -0.39 is 16.9 Å². The van der Waals surface area contributed by atoms with Crippen LogP contribution in [0, 0.1) is 17.7 Å². The third kappa shape index (κ3) is 6.45. The first-order valence-electron chi connectivity index (χ1n) is 13.1. The van der Waals surface area contributed by atoms with Crippen molar-refractivity contribution in [1.82, 2.24) is 19.2 Å². The van der Waals surface area contributed by atoms with Gasteiger partial charge in [-0.3, -0.25) is 4.39 Å². The number of hydrogen-bond donors (Lipinski definition) is 1. The highest BCUT2D eigenvalue weighted by Gasteiger charge is 2.40. The fourth-order valence-corrected chi connectivity index (χ4v) is 7.35. The molecule has 0 unspecified atom stereocenters. The summed E-state index contributed by atoms with van der Waals surface area (Å²) in [7, 11) is -3.68. The van der Waals surface area contributed by atoms with Crippen LogP contribution in [-0.4, -0.2) is 74.5 Å². The Labute approximate surface area is 217 Å².